The van der Waals surface area contributed by atoms with Crippen molar-refractivity contribution in [1.82, 2.24) is 20.0 Å². The number of nitrogens with two attached hydrogens (primary N) is 1. The Morgan fingerprint density at radius 3 is 2.75 bits per heavy atom. The lowest BCUT2D eigenvalue weighted by atomic mass is 10.2. The van der Waals surface area contributed by atoms with Crippen molar-refractivity contribution in [3.05, 3.63) is 35.5 Å². The number of benzene rings is 1. The molecule has 1 aromatic carbocycles. The highest BCUT2D eigenvalue weighted by molar-refractivity contribution is 5.89. The number of H-pyrrole nitrogens is 1. The number of nitriles is 1. The van der Waals surface area contributed by atoms with E-state index >= 15 is 0 Å². The van der Waals surface area contributed by atoms with E-state index < -0.39 is 0 Å². The number of aryl methyl sites for hydroxylation is 1. The lowest BCUT2D eigenvalue weighted by Gasteiger charge is -2.01. The summed E-state index contributed by atoms with van der Waals surface area (Å²) in [5.74, 6) is 0.545. The molecule has 0 aliphatic rings. The maximum atomic E-state index is 8.84. The molecular weight excluding hydrogens is 252 g/mol. The number of nitrogens with zero attached hydrogens (tertiary/aromatic N) is 4. The predicted molar refractivity (Wildman–Crippen MR) is 76.3 cm³/mol. The molecule has 0 amide bonds. The number of aromatic amines is 1. The van der Waals surface area contributed by atoms with Gasteiger partial charge in [-0.1, -0.05) is 13.3 Å². The first kappa shape index (κ1) is 12.2. The number of nitrogen functional groups attached to an aromatic ring is 1. The fourth-order valence-corrected chi connectivity index (χ4v) is 2.27. The maximum absolute atomic E-state index is 8.84. The normalized spacial score (nSPS) is 10.8. The van der Waals surface area contributed by atoms with E-state index in [1.165, 1.54) is 0 Å². The molecule has 3 rings (SSSR count). The topological polar surface area (TPSA) is 96.3 Å². The Hall–Kier alpha value is -2.81. The van der Waals surface area contributed by atoms with Crippen molar-refractivity contribution in [3.8, 4) is 11.8 Å². The van der Waals surface area contributed by atoms with E-state index in [4.69, 9.17) is 11.0 Å². The van der Waals surface area contributed by atoms with E-state index in [-0.39, 0.29) is 0 Å². The number of rotatable bonds is 3. The second-order valence-electron chi connectivity index (χ2n) is 4.60. The summed E-state index contributed by atoms with van der Waals surface area (Å²) >= 11 is 0. The van der Waals surface area contributed by atoms with Gasteiger partial charge in [0.25, 0.3) is 0 Å². The molecule has 0 saturated carbocycles. The van der Waals surface area contributed by atoms with E-state index in [2.05, 4.69) is 28.3 Å². The lowest BCUT2D eigenvalue weighted by molar-refractivity contribution is 0.810. The average molecular weight is 266 g/mol. The quantitative estimate of drug-likeness (QED) is 0.759. The summed E-state index contributed by atoms with van der Waals surface area (Å²) in [6, 6.07) is 9.33. The Morgan fingerprint density at radius 2 is 2.10 bits per heavy atom. The SMILES string of the molecule is CCCc1nn(-c2ccc(C#N)cc2)c2n[nH]c(N)c12. The van der Waals surface area contributed by atoms with Crippen molar-refractivity contribution >= 4 is 16.9 Å². The molecule has 20 heavy (non-hydrogen) atoms. The van der Waals surface area contributed by atoms with Gasteiger partial charge in [0.05, 0.1) is 28.4 Å². The highest BCUT2D eigenvalue weighted by Gasteiger charge is 2.16. The highest BCUT2D eigenvalue weighted by atomic mass is 15.4. The van der Waals surface area contributed by atoms with Crippen LogP contribution in [0, 0.1) is 11.3 Å². The molecule has 0 fully saturated rings. The molecule has 2 heterocycles. The van der Waals surface area contributed by atoms with Crippen LogP contribution in [0.4, 0.5) is 5.82 Å². The number of nitrogens with one attached hydrogen (secondary N) is 1. The van der Waals surface area contributed by atoms with Crippen LogP contribution in [0.3, 0.4) is 0 Å². The van der Waals surface area contributed by atoms with Crippen LogP contribution in [-0.2, 0) is 6.42 Å². The van der Waals surface area contributed by atoms with Crippen molar-refractivity contribution in [2.45, 2.75) is 19.8 Å². The standard InChI is InChI=1S/C14H14N6/c1-2-3-11-12-13(16)17-18-14(12)20(19-11)10-6-4-9(8-15)5-7-10/h4-7H,2-3H2,1H3,(H3,16,17,18). The monoisotopic (exact) mass is 266 g/mol. The first-order valence-corrected chi connectivity index (χ1v) is 6.46. The van der Waals surface area contributed by atoms with Gasteiger partial charge in [0.15, 0.2) is 5.65 Å². The van der Waals surface area contributed by atoms with Crippen LogP contribution in [0.25, 0.3) is 16.7 Å². The van der Waals surface area contributed by atoms with Gasteiger partial charge >= 0.3 is 0 Å². The van der Waals surface area contributed by atoms with Gasteiger partial charge in [-0.15, -0.1) is 0 Å². The highest BCUT2D eigenvalue weighted by Crippen LogP contribution is 2.25. The summed E-state index contributed by atoms with van der Waals surface area (Å²) in [6.45, 7) is 2.10. The number of fused-ring (bicyclic) bond motifs is 1. The second-order valence-corrected chi connectivity index (χ2v) is 4.60. The molecule has 0 atom stereocenters. The Labute approximate surface area is 115 Å². The van der Waals surface area contributed by atoms with Crippen molar-refractivity contribution in [1.29, 1.82) is 5.26 Å². The molecule has 0 radical (unpaired) electrons. The number of hydrogen-bond donors (Lipinski definition) is 2. The fraction of sp³-hybridized carbons (Fsp3) is 0.214. The zero-order chi connectivity index (χ0) is 14.1. The molecule has 2 aromatic heterocycles. The van der Waals surface area contributed by atoms with Crippen LogP contribution in [0.2, 0.25) is 0 Å². The van der Waals surface area contributed by atoms with E-state index in [0.717, 1.165) is 35.3 Å². The summed E-state index contributed by atoms with van der Waals surface area (Å²) in [5, 5.41) is 21.4. The number of aromatic nitrogens is 4. The molecule has 6 heteroatoms. The Balaban J connectivity index is 2.17. The lowest BCUT2D eigenvalue weighted by Crippen LogP contribution is -1.99. The molecule has 0 aliphatic carbocycles. The first-order chi connectivity index (χ1) is 9.74. The summed E-state index contributed by atoms with van der Waals surface area (Å²) < 4.78 is 1.76. The van der Waals surface area contributed by atoms with Gasteiger partial charge in [0, 0.05) is 0 Å². The van der Waals surface area contributed by atoms with Crippen LogP contribution >= 0.6 is 0 Å². The smallest absolute Gasteiger partial charge is 0.186 e. The van der Waals surface area contributed by atoms with Gasteiger partial charge < -0.3 is 5.73 Å². The molecule has 0 saturated heterocycles. The molecule has 0 spiro atoms. The van der Waals surface area contributed by atoms with Crippen molar-refractivity contribution in [2.24, 2.45) is 0 Å². The van der Waals surface area contributed by atoms with Crippen LogP contribution < -0.4 is 5.73 Å². The molecule has 0 unspecified atom stereocenters. The molecule has 3 aromatic rings. The second kappa shape index (κ2) is 4.70. The number of anilines is 1. The third-order valence-corrected chi connectivity index (χ3v) is 3.21. The Kier molecular flexibility index (Phi) is 2.88. The Bertz CT molecular complexity index is 788. The predicted octanol–water partition coefficient (Wildman–Crippen LogP) is 2.15. The van der Waals surface area contributed by atoms with Crippen molar-refractivity contribution < 1.29 is 0 Å². The summed E-state index contributed by atoms with van der Waals surface area (Å²) in [4.78, 5) is 0. The van der Waals surface area contributed by atoms with E-state index in [0.29, 0.717) is 11.4 Å². The summed E-state index contributed by atoms with van der Waals surface area (Å²) in [6.07, 6.45) is 1.84. The minimum Gasteiger partial charge on any atom is -0.383 e. The van der Waals surface area contributed by atoms with Crippen molar-refractivity contribution in [3.63, 3.8) is 0 Å². The molecule has 3 N–H and O–H groups in total. The van der Waals surface area contributed by atoms with E-state index in [9.17, 15) is 0 Å². The molecule has 100 valence electrons. The summed E-state index contributed by atoms with van der Waals surface area (Å²) in [7, 11) is 0. The average Bonchev–Trinajstić information content (AvgIpc) is 3.02. The summed E-state index contributed by atoms with van der Waals surface area (Å²) in [5.41, 5.74) is 9.07. The zero-order valence-electron chi connectivity index (χ0n) is 11.1. The van der Waals surface area contributed by atoms with Crippen LogP contribution in [-0.4, -0.2) is 20.0 Å². The Morgan fingerprint density at radius 1 is 1.35 bits per heavy atom. The third kappa shape index (κ3) is 1.80. The van der Waals surface area contributed by atoms with Crippen LogP contribution in [0.1, 0.15) is 24.6 Å². The van der Waals surface area contributed by atoms with Crippen LogP contribution in [0.15, 0.2) is 24.3 Å². The zero-order valence-corrected chi connectivity index (χ0v) is 11.1. The van der Waals surface area contributed by atoms with Gasteiger partial charge in [-0.25, -0.2) is 4.68 Å². The van der Waals surface area contributed by atoms with Gasteiger partial charge in [0.1, 0.15) is 5.82 Å². The van der Waals surface area contributed by atoms with Gasteiger partial charge in [0.2, 0.25) is 0 Å². The first-order valence-electron chi connectivity index (χ1n) is 6.46. The maximum Gasteiger partial charge on any atom is 0.186 e. The van der Waals surface area contributed by atoms with Gasteiger partial charge in [-0.05, 0) is 30.7 Å². The van der Waals surface area contributed by atoms with Crippen LogP contribution in [0.5, 0.6) is 0 Å². The van der Waals surface area contributed by atoms with Crippen molar-refractivity contribution in [2.75, 3.05) is 5.73 Å². The molecule has 0 aliphatic heterocycles. The molecule has 6 nitrogen and oxygen atoms in total. The largest absolute Gasteiger partial charge is 0.383 e. The van der Waals surface area contributed by atoms with E-state index in [1.807, 2.05) is 12.1 Å². The number of hydrogen-bond acceptors (Lipinski definition) is 4. The van der Waals surface area contributed by atoms with Gasteiger partial charge in [-0.3, -0.25) is 5.10 Å². The van der Waals surface area contributed by atoms with E-state index in [1.54, 1.807) is 16.8 Å². The fourth-order valence-electron chi connectivity index (χ4n) is 2.27. The van der Waals surface area contributed by atoms with Gasteiger partial charge in [-0.2, -0.15) is 15.5 Å². The minimum absolute atomic E-state index is 0.545. The minimum atomic E-state index is 0.545. The molecule has 0 bridgehead atoms. The third-order valence-electron chi connectivity index (χ3n) is 3.21. The molecular formula is C14H14N6.